The molecule has 1 saturated heterocycles. The third kappa shape index (κ3) is 4.69. The van der Waals surface area contributed by atoms with E-state index in [0.29, 0.717) is 17.0 Å². The monoisotopic (exact) mass is 432 g/mol. The summed E-state index contributed by atoms with van der Waals surface area (Å²) in [6.45, 7) is 0.783. The molecule has 0 bridgehead atoms. The van der Waals surface area contributed by atoms with E-state index in [1.165, 1.54) is 25.7 Å². The van der Waals surface area contributed by atoms with Crippen molar-refractivity contribution in [1.82, 2.24) is 18.4 Å². The summed E-state index contributed by atoms with van der Waals surface area (Å²) in [7, 11) is -5.59. The molecule has 0 saturated carbocycles. The second-order valence-corrected chi connectivity index (χ2v) is 10.7. The molecule has 1 aliphatic heterocycles. The van der Waals surface area contributed by atoms with Crippen LogP contribution in [0.5, 0.6) is 0 Å². The van der Waals surface area contributed by atoms with Gasteiger partial charge in [-0.3, -0.25) is 4.68 Å². The van der Waals surface area contributed by atoms with Crippen LogP contribution >= 0.6 is 11.6 Å². The summed E-state index contributed by atoms with van der Waals surface area (Å²) >= 11 is 5.84. The first-order valence-electron chi connectivity index (χ1n) is 8.39. The molecular weight excluding hydrogens is 412 g/mol. The maximum atomic E-state index is 12.7. The van der Waals surface area contributed by atoms with Gasteiger partial charge in [0.1, 0.15) is 4.90 Å². The molecule has 0 aliphatic carbocycles. The van der Waals surface area contributed by atoms with Gasteiger partial charge in [0, 0.05) is 44.4 Å². The van der Waals surface area contributed by atoms with Crippen molar-refractivity contribution < 1.29 is 16.8 Å². The minimum atomic E-state index is -3.68. The maximum Gasteiger partial charge on any atom is 0.246 e. The number of aromatic nitrogens is 2. The fraction of sp³-hybridized carbons (Fsp3) is 0.438. The van der Waals surface area contributed by atoms with Crippen molar-refractivity contribution in [2.24, 2.45) is 7.05 Å². The van der Waals surface area contributed by atoms with Crippen LogP contribution in [0.15, 0.2) is 41.6 Å². The number of aryl methyl sites for hydroxylation is 1. The molecule has 27 heavy (non-hydrogen) atoms. The summed E-state index contributed by atoms with van der Waals surface area (Å²) in [6, 6.07) is 6.65. The Kier molecular flexibility index (Phi) is 5.92. The first-order valence-corrected chi connectivity index (χ1v) is 11.8. The van der Waals surface area contributed by atoms with E-state index in [9.17, 15) is 16.8 Å². The molecule has 1 aromatic heterocycles. The molecule has 8 nitrogen and oxygen atoms in total. The highest BCUT2D eigenvalue weighted by Gasteiger charge is 2.31. The molecule has 11 heteroatoms. The van der Waals surface area contributed by atoms with Crippen molar-refractivity contribution >= 4 is 31.6 Å². The minimum Gasteiger partial charge on any atom is -0.274 e. The molecule has 1 aliphatic rings. The number of nitrogens with zero attached hydrogens (tertiary/aromatic N) is 4. The zero-order chi connectivity index (χ0) is 19.7. The molecule has 0 spiro atoms. The fourth-order valence-corrected chi connectivity index (χ4v) is 6.10. The highest BCUT2D eigenvalue weighted by atomic mass is 35.5. The Bertz CT molecular complexity index is 1000. The summed E-state index contributed by atoms with van der Waals surface area (Å²) in [5, 5.41) is 4.45. The normalized spacial score (nSPS) is 17.7. The number of rotatable bonds is 5. The van der Waals surface area contributed by atoms with Crippen molar-refractivity contribution in [2.45, 2.75) is 17.1 Å². The van der Waals surface area contributed by atoms with Gasteiger partial charge in [-0.15, -0.1) is 0 Å². The largest absolute Gasteiger partial charge is 0.274 e. The van der Waals surface area contributed by atoms with Gasteiger partial charge in [0.25, 0.3) is 0 Å². The van der Waals surface area contributed by atoms with Crippen LogP contribution in [0.4, 0.5) is 0 Å². The Balaban J connectivity index is 1.71. The number of sulfonamides is 2. The van der Waals surface area contributed by atoms with E-state index in [2.05, 4.69) is 5.10 Å². The van der Waals surface area contributed by atoms with E-state index in [0.717, 1.165) is 0 Å². The van der Waals surface area contributed by atoms with Gasteiger partial charge >= 0.3 is 0 Å². The van der Waals surface area contributed by atoms with Gasteiger partial charge in [-0.25, -0.2) is 21.1 Å². The minimum absolute atomic E-state index is 0.108. The van der Waals surface area contributed by atoms with Crippen molar-refractivity contribution in [3.8, 4) is 0 Å². The van der Waals surface area contributed by atoms with Crippen molar-refractivity contribution in [3.63, 3.8) is 0 Å². The van der Waals surface area contributed by atoms with Crippen molar-refractivity contribution in [3.05, 3.63) is 47.2 Å². The van der Waals surface area contributed by atoms with Crippen LogP contribution in [0.3, 0.4) is 0 Å². The molecular formula is C16H21ClN4O4S2. The topological polar surface area (TPSA) is 92.6 Å². The molecule has 1 aromatic carbocycles. The standard InChI is InChI=1S/C16H21ClN4O4S2/c1-19-12-16(11-18-19)27(24,25)21-8-2-7-20(9-10-21)26(22,23)13-14-3-5-15(17)6-4-14/h3-6,11-12H,2,7-10,13H2,1H3. The number of halogens is 1. The van der Waals surface area contributed by atoms with Crippen LogP contribution in [0.1, 0.15) is 12.0 Å². The average molecular weight is 433 g/mol. The summed E-state index contributed by atoms with van der Waals surface area (Å²) in [5.41, 5.74) is 0.642. The van der Waals surface area contributed by atoms with Gasteiger partial charge in [-0.1, -0.05) is 23.7 Å². The number of hydrogen-bond donors (Lipinski definition) is 0. The van der Waals surface area contributed by atoms with Crippen LogP contribution < -0.4 is 0 Å². The zero-order valence-corrected chi connectivity index (χ0v) is 17.2. The lowest BCUT2D eigenvalue weighted by molar-refractivity contribution is 0.404. The molecule has 0 N–H and O–H groups in total. The lowest BCUT2D eigenvalue weighted by Gasteiger charge is -2.21. The molecule has 2 aromatic rings. The second kappa shape index (κ2) is 7.88. The second-order valence-electron chi connectivity index (χ2n) is 6.39. The number of benzene rings is 1. The molecule has 0 radical (unpaired) electrons. The van der Waals surface area contributed by atoms with E-state index in [1.54, 1.807) is 31.3 Å². The van der Waals surface area contributed by atoms with E-state index >= 15 is 0 Å². The molecule has 0 atom stereocenters. The molecule has 3 rings (SSSR count). The Morgan fingerprint density at radius 3 is 2.26 bits per heavy atom. The first-order chi connectivity index (χ1) is 12.7. The molecule has 2 heterocycles. The fourth-order valence-electron chi connectivity index (χ4n) is 2.95. The molecule has 1 fully saturated rings. The van der Waals surface area contributed by atoms with Crippen molar-refractivity contribution in [2.75, 3.05) is 26.2 Å². The summed E-state index contributed by atoms with van der Waals surface area (Å²) in [6.07, 6.45) is 3.17. The van der Waals surface area contributed by atoms with Crippen LogP contribution in [-0.2, 0) is 32.8 Å². The zero-order valence-electron chi connectivity index (χ0n) is 14.8. The van der Waals surface area contributed by atoms with Gasteiger partial charge in [0.2, 0.25) is 20.0 Å². The Labute approximate surface area is 164 Å². The lowest BCUT2D eigenvalue weighted by atomic mass is 10.2. The molecule has 0 amide bonds. The number of hydrogen-bond acceptors (Lipinski definition) is 5. The van der Waals surface area contributed by atoms with Crippen LogP contribution in [0.25, 0.3) is 0 Å². The SMILES string of the molecule is Cn1cc(S(=O)(=O)N2CCCN(S(=O)(=O)Cc3ccc(Cl)cc3)CC2)cn1. The van der Waals surface area contributed by atoms with Gasteiger partial charge in [-0.05, 0) is 24.1 Å². The average Bonchev–Trinajstić information content (AvgIpc) is 2.89. The highest BCUT2D eigenvalue weighted by Crippen LogP contribution is 2.20. The quantitative estimate of drug-likeness (QED) is 0.710. The van der Waals surface area contributed by atoms with Crippen molar-refractivity contribution in [1.29, 1.82) is 0 Å². The predicted octanol–water partition coefficient (Wildman–Crippen LogP) is 1.30. The van der Waals surface area contributed by atoms with E-state index < -0.39 is 20.0 Å². The lowest BCUT2D eigenvalue weighted by Crippen LogP contribution is -2.37. The molecule has 0 unspecified atom stereocenters. The van der Waals surface area contributed by atoms with Gasteiger partial charge in [0.15, 0.2) is 0 Å². The molecule has 148 valence electrons. The van der Waals surface area contributed by atoms with E-state index in [1.807, 2.05) is 0 Å². The van der Waals surface area contributed by atoms with Crippen LogP contribution in [0.2, 0.25) is 5.02 Å². The summed E-state index contributed by atoms with van der Waals surface area (Å²) < 4.78 is 55.0. The van der Waals surface area contributed by atoms with Gasteiger partial charge in [-0.2, -0.15) is 9.40 Å². The van der Waals surface area contributed by atoms with Crippen LogP contribution in [0, 0.1) is 0 Å². The Hall–Kier alpha value is -1.46. The Morgan fingerprint density at radius 2 is 1.63 bits per heavy atom. The third-order valence-corrected chi connectivity index (χ3v) is 8.34. The Morgan fingerprint density at radius 1 is 1.00 bits per heavy atom. The summed E-state index contributed by atoms with van der Waals surface area (Å²) in [5.74, 6) is -0.139. The third-order valence-electron chi connectivity index (χ3n) is 4.39. The summed E-state index contributed by atoms with van der Waals surface area (Å²) in [4.78, 5) is 0.113. The van der Waals surface area contributed by atoms with Gasteiger partial charge in [0.05, 0.1) is 11.9 Å². The van der Waals surface area contributed by atoms with E-state index in [4.69, 9.17) is 11.6 Å². The maximum absolute atomic E-state index is 12.7. The van der Waals surface area contributed by atoms with Gasteiger partial charge < -0.3 is 0 Å². The van der Waals surface area contributed by atoms with E-state index in [-0.39, 0.29) is 36.8 Å². The first kappa shape index (κ1) is 20.3. The predicted molar refractivity (Wildman–Crippen MR) is 102 cm³/mol. The smallest absolute Gasteiger partial charge is 0.246 e. The van der Waals surface area contributed by atoms with Crippen LogP contribution in [-0.4, -0.2) is 61.4 Å². The highest BCUT2D eigenvalue weighted by molar-refractivity contribution is 7.89.